The van der Waals surface area contributed by atoms with Crippen molar-refractivity contribution in [3.63, 3.8) is 0 Å². The number of aromatic nitrogens is 1. The number of aryl methyl sites for hydroxylation is 1. The number of hydrogen-bond acceptors (Lipinski definition) is 3. The monoisotopic (exact) mass is 345 g/mol. The van der Waals surface area contributed by atoms with Gasteiger partial charge in [-0.25, -0.2) is 4.98 Å². The molecule has 0 N–H and O–H groups in total. The van der Waals surface area contributed by atoms with Gasteiger partial charge in [0, 0.05) is 6.07 Å². The minimum atomic E-state index is -1.42. The van der Waals surface area contributed by atoms with Gasteiger partial charge in [-0.05, 0) is 25.1 Å². The van der Waals surface area contributed by atoms with Gasteiger partial charge < -0.3 is 9.47 Å². The lowest BCUT2D eigenvalue weighted by atomic mass is 10.2. The molecule has 0 aliphatic rings. The van der Waals surface area contributed by atoms with E-state index < -0.39 is 3.79 Å². The predicted octanol–water partition coefficient (Wildman–Crippen LogP) is 5.07. The first kappa shape index (κ1) is 16.4. The van der Waals surface area contributed by atoms with E-state index in [4.69, 9.17) is 44.3 Å². The molecule has 1 aromatic heterocycles. The van der Waals surface area contributed by atoms with E-state index in [1.807, 2.05) is 43.3 Å². The molecule has 2 rings (SSSR count). The Hall–Kier alpha value is -1.000. The second-order valence-corrected chi connectivity index (χ2v) is 7.01. The summed E-state index contributed by atoms with van der Waals surface area (Å²) in [7, 11) is 0. The Balaban J connectivity index is 1.96. The molecule has 21 heavy (non-hydrogen) atoms. The number of alkyl halides is 3. The SMILES string of the molecule is Cc1ccc(Oc2cccc(COCC(Cl)(Cl)Cl)n2)cc1. The lowest BCUT2D eigenvalue weighted by Crippen LogP contribution is -2.13. The summed E-state index contributed by atoms with van der Waals surface area (Å²) in [6.45, 7) is 2.27. The number of ether oxygens (including phenoxy) is 2. The van der Waals surface area contributed by atoms with Crippen LogP contribution in [-0.4, -0.2) is 15.4 Å². The third-order valence-corrected chi connectivity index (χ3v) is 2.87. The maximum absolute atomic E-state index is 5.68. The van der Waals surface area contributed by atoms with Crippen molar-refractivity contribution in [2.75, 3.05) is 6.61 Å². The van der Waals surface area contributed by atoms with E-state index in [1.54, 1.807) is 6.07 Å². The number of hydrogen-bond donors (Lipinski definition) is 0. The minimum Gasteiger partial charge on any atom is -0.439 e. The zero-order valence-electron chi connectivity index (χ0n) is 11.4. The lowest BCUT2D eigenvalue weighted by Gasteiger charge is -2.11. The highest BCUT2D eigenvalue weighted by Crippen LogP contribution is 2.26. The van der Waals surface area contributed by atoms with E-state index >= 15 is 0 Å². The van der Waals surface area contributed by atoms with Gasteiger partial charge in [0.15, 0.2) is 0 Å². The molecule has 0 saturated carbocycles. The molecular weight excluding hydrogens is 333 g/mol. The van der Waals surface area contributed by atoms with Gasteiger partial charge in [-0.2, -0.15) is 0 Å². The van der Waals surface area contributed by atoms with Crippen LogP contribution in [0.15, 0.2) is 42.5 Å². The molecule has 1 heterocycles. The van der Waals surface area contributed by atoms with Crippen LogP contribution in [0, 0.1) is 6.92 Å². The van der Waals surface area contributed by atoms with Gasteiger partial charge >= 0.3 is 0 Å². The summed E-state index contributed by atoms with van der Waals surface area (Å²) in [5.41, 5.74) is 1.87. The third kappa shape index (κ3) is 6.10. The Morgan fingerprint density at radius 1 is 1.05 bits per heavy atom. The molecule has 1 aromatic carbocycles. The van der Waals surface area contributed by atoms with Crippen molar-refractivity contribution in [1.29, 1.82) is 0 Å². The first-order valence-corrected chi connectivity index (χ1v) is 7.41. The van der Waals surface area contributed by atoms with Crippen LogP contribution in [0.1, 0.15) is 11.3 Å². The summed E-state index contributed by atoms with van der Waals surface area (Å²) >= 11 is 16.8. The fourth-order valence-electron chi connectivity index (χ4n) is 1.59. The molecule has 0 fully saturated rings. The van der Waals surface area contributed by atoms with Crippen LogP contribution in [0.5, 0.6) is 11.6 Å². The minimum absolute atomic E-state index is 0.00237. The maximum Gasteiger partial charge on any atom is 0.219 e. The smallest absolute Gasteiger partial charge is 0.219 e. The summed E-state index contributed by atoms with van der Waals surface area (Å²) in [4.78, 5) is 4.33. The van der Waals surface area contributed by atoms with Crippen LogP contribution in [0.25, 0.3) is 0 Å². The average molecular weight is 347 g/mol. The maximum atomic E-state index is 5.68. The fourth-order valence-corrected chi connectivity index (χ4v) is 1.82. The molecule has 0 aliphatic heterocycles. The Bertz CT molecular complexity index is 582. The normalized spacial score (nSPS) is 11.4. The fraction of sp³-hybridized carbons (Fsp3) is 0.267. The number of nitrogens with zero attached hydrogens (tertiary/aromatic N) is 1. The van der Waals surface area contributed by atoms with E-state index in [-0.39, 0.29) is 13.2 Å². The van der Waals surface area contributed by atoms with E-state index in [2.05, 4.69) is 4.98 Å². The van der Waals surface area contributed by atoms with Gasteiger partial charge in [-0.1, -0.05) is 58.6 Å². The lowest BCUT2D eigenvalue weighted by molar-refractivity contribution is 0.123. The molecule has 6 heteroatoms. The van der Waals surface area contributed by atoms with Crippen LogP contribution in [0.2, 0.25) is 0 Å². The summed E-state index contributed by atoms with van der Waals surface area (Å²) in [6, 6.07) is 13.2. The Morgan fingerprint density at radius 3 is 2.43 bits per heavy atom. The van der Waals surface area contributed by atoms with Crippen molar-refractivity contribution >= 4 is 34.8 Å². The Morgan fingerprint density at radius 2 is 1.76 bits per heavy atom. The quantitative estimate of drug-likeness (QED) is 0.708. The molecule has 0 amide bonds. The van der Waals surface area contributed by atoms with Crippen LogP contribution < -0.4 is 4.74 Å². The van der Waals surface area contributed by atoms with Crippen LogP contribution >= 0.6 is 34.8 Å². The molecule has 3 nitrogen and oxygen atoms in total. The van der Waals surface area contributed by atoms with E-state index in [9.17, 15) is 0 Å². The third-order valence-electron chi connectivity index (χ3n) is 2.54. The first-order valence-electron chi connectivity index (χ1n) is 6.27. The van der Waals surface area contributed by atoms with Crippen LogP contribution in [0.3, 0.4) is 0 Å². The largest absolute Gasteiger partial charge is 0.439 e. The highest BCUT2D eigenvalue weighted by molar-refractivity contribution is 6.67. The molecule has 2 aromatic rings. The number of halogens is 3. The van der Waals surface area contributed by atoms with Crippen molar-refractivity contribution in [2.45, 2.75) is 17.3 Å². The molecule has 112 valence electrons. The number of rotatable bonds is 5. The molecule has 0 bridgehead atoms. The molecule has 0 atom stereocenters. The molecule has 0 unspecified atom stereocenters. The molecule has 0 aliphatic carbocycles. The summed E-state index contributed by atoms with van der Waals surface area (Å²) < 4.78 is 9.55. The van der Waals surface area contributed by atoms with Crippen LogP contribution in [-0.2, 0) is 11.3 Å². The second kappa shape index (κ2) is 7.32. The van der Waals surface area contributed by atoms with Crippen molar-refractivity contribution < 1.29 is 9.47 Å². The van der Waals surface area contributed by atoms with Gasteiger partial charge in [0.05, 0.1) is 18.9 Å². The van der Waals surface area contributed by atoms with Gasteiger partial charge in [-0.3, -0.25) is 0 Å². The van der Waals surface area contributed by atoms with Gasteiger partial charge in [0.1, 0.15) is 5.75 Å². The first-order chi connectivity index (χ1) is 9.92. The zero-order chi connectivity index (χ0) is 15.3. The highest BCUT2D eigenvalue weighted by atomic mass is 35.6. The van der Waals surface area contributed by atoms with Crippen molar-refractivity contribution in [2.24, 2.45) is 0 Å². The van der Waals surface area contributed by atoms with Crippen molar-refractivity contribution in [3.05, 3.63) is 53.7 Å². The van der Waals surface area contributed by atoms with Gasteiger partial charge in [-0.15, -0.1) is 0 Å². The molecule has 0 saturated heterocycles. The second-order valence-electron chi connectivity index (χ2n) is 4.49. The number of benzene rings is 1. The Kier molecular flexibility index (Phi) is 5.71. The average Bonchev–Trinajstić information content (AvgIpc) is 2.40. The molecule has 0 radical (unpaired) electrons. The summed E-state index contributed by atoms with van der Waals surface area (Å²) in [5.74, 6) is 1.22. The summed E-state index contributed by atoms with van der Waals surface area (Å²) in [5, 5.41) is 0. The number of pyridine rings is 1. The van der Waals surface area contributed by atoms with Crippen molar-refractivity contribution in [3.8, 4) is 11.6 Å². The van der Waals surface area contributed by atoms with Gasteiger partial charge in [0.2, 0.25) is 9.67 Å². The molecule has 0 spiro atoms. The Labute approximate surface area is 138 Å². The summed E-state index contributed by atoms with van der Waals surface area (Å²) in [6.07, 6.45) is 0. The van der Waals surface area contributed by atoms with Gasteiger partial charge in [0.25, 0.3) is 0 Å². The standard InChI is InChI=1S/C15H14Cl3NO2/c1-11-5-7-13(8-6-11)21-14-4-2-3-12(19-14)9-20-10-15(16,17)18/h2-8H,9-10H2,1H3. The predicted molar refractivity (Wildman–Crippen MR) is 85.4 cm³/mol. The zero-order valence-corrected chi connectivity index (χ0v) is 13.6. The van der Waals surface area contributed by atoms with E-state index in [0.717, 1.165) is 5.75 Å². The topological polar surface area (TPSA) is 31.4 Å². The van der Waals surface area contributed by atoms with E-state index in [1.165, 1.54) is 5.56 Å². The van der Waals surface area contributed by atoms with E-state index in [0.29, 0.717) is 11.6 Å². The van der Waals surface area contributed by atoms with Crippen LogP contribution in [0.4, 0.5) is 0 Å². The highest BCUT2D eigenvalue weighted by Gasteiger charge is 2.19. The van der Waals surface area contributed by atoms with Crippen molar-refractivity contribution in [1.82, 2.24) is 4.98 Å². The molecular formula is C15H14Cl3NO2.